The summed E-state index contributed by atoms with van der Waals surface area (Å²) in [5.41, 5.74) is 0.0454. The molecule has 0 heterocycles. The van der Waals surface area contributed by atoms with Crippen LogP contribution in [0, 0.1) is 16.7 Å². The summed E-state index contributed by atoms with van der Waals surface area (Å²) in [7, 11) is -1.87. The van der Waals surface area contributed by atoms with Gasteiger partial charge in [0.25, 0.3) is 0 Å². The smallest absolute Gasteiger partial charge is 0.215 e. The van der Waals surface area contributed by atoms with Crippen LogP contribution in [-0.2, 0) is 21.4 Å². The number of nitrogens with zero attached hydrogens (tertiary/aromatic N) is 1. The summed E-state index contributed by atoms with van der Waals surface area (Å²) in [6.45, 7) is 4.49. The largest absolute Gasteiger partial charge is 0.299 e. The van der Waals surface area contributed by atoms with E-state index >= 15 is 0 Å². The number of benzene rings is 1. The summed E-state index contributed by atoms with van der Waals surface area (Å²) in [6.07, 6.45) is 2.23. The first-order chi connectivity index (χ1) is 10.7. The maximum absolute atomic E-state index is 12.9. The molecule has 4 nitrogen and oxygen atoms in total. The van der Waals surface area contributed by atoms with E-state index in [0.717, 1.165) is 12.0 Å². The van der Waals surface area contributed by atoms with Crippen LogP contribution in [0.1, 0.15) is 38.7 Å². The zero-order valence-corrected chi connectivity index (χ0v) is 14.9. The summed E-state index contributed by atoms with van der Waals surface area (Å²) < 4.78 is 27.2. The number of hydrogen-bond acceptors (Lipinski definition) is 3. The van der Waals surface area contributed by atoms with Gasteiger partial charge in [0.05, 0.1) is 5.75 Å². The van der Waals surface area contributed by atoms with Crippen molar-refractivity contribution in [3.05, 3.63) is 35.9 Å². The van der Waals surface area contributed by atoms with Gasteiger partial charge in [0.2, 0.25) is 10.0 Å². The van der Waals surface area contributed by atoms with Crippen LogP contribution in [0.5, 0.6) is 0 Å². The lowest BCUT2D eigenvalue weighted by atomic mass is 9.70. The molecule has 5 heteroatoms. The molecule has 0 amide bonds. The van der Waals surface area contributed by atoms with Gasteiger partial charge in [0, 0.05) is 25.4 Å². The molecule has 0 spiro atoms. The lowest BCUT2D eigenvalue weighted by molar-refractivity contribution is -0.128. The number of ketones is 1. The highest BCUT2D eigenvalue weighted by Gasteiger charge is 2.65. The maximum Gasteiger partial charge on any atom is 0.215 e. The highest BCUT2D eigenvalue weighted by molar-refractivity contribution is 7.89. The van der Waals surface area contributed by atoms with Crippen LogP contribution in [0.25, 0.3) is 0 Å². The van der Waals surface area contributed by atoms with Crippen molar-refractivity contribution >= 4 is 15.8 Å². The maximum atomic E-state index is 12.9. The molecule has 0 radical (unpaired) electrons. The van der Waals surface area contributed by atoms with E-state index in [1.807, 2.05) is 30.3 Å². The SMILES string of the molecule is CN(Cc1ccccc1)S(=O)(=O)CC12CCC(CC1=O)C2(C)C. The first-order valence-electron chi connectivity index (χ1n) is 8.20. The average Bonchev–Trinajstić information content (AvgIpc) is 2.82. The van der Waals surface area contributed by atoms with E-state index in [4.69, 9.17) is 0 Å². The van der Waals surface area contributed by atoms with Crippen LogP contribution >= 0.6 is 0 Å². The van der Waals surface area contributed by atoms with Gasteiger partial charge < -0.3 is 0 Å². The molecule has 2 unspecified atom stereocenters. The molecular weight excluding hydrogens is 310 g/mol. The van der Waals surface area contributed by atoms with Gasteiger partial charge in [-0.25, -0.2) is 12.7 Å². The van der Waals surface area contributed by atoms with Crippen LogP contribution in [0.3, 0.4) is 0 Å². The number of sulfonamides is 1. The summed E-state index contributed by atoms with van der Waals surface area (Å²) in [5.74, 6) is 0.436. The van der Waals surface area contributed by atoms with Crippen molar-refractivity contribution in [3.8, 4) is 0 Å². The van der Waals surface area contributed by atoms with E-state index in [1.165, 1.54) is 4.31 Å². The zero-order valence-electron chi connectivity index (χ0n) is 14.1. The Balaban J connectivity index is 1.82. The molecule has 3 rings (SSSR count). The number of carbonyl (C=O) groups excluding carboxylic acids is 1. The molecule has 0 saturated heterocycles. The Kier molecular flexibility index (Phi) is 3.92. The summed E-state index contributed by atoms with van der Waals surface area (Å²) >= 11 is 0. The van der Waals surface area contributed by atoms with Crippen molar-refractivity contribution in [3.63, 3.8) is 0 Å². The van der Waals surface area contributed by atoms with Crippen LogP contribution in [-0.4, -0.2) is 31.3 Å². The normalized spacial score (nSPS) is 29.4. The quantitative estimate of drug-likeness (QED) is 0.831. The van der Waals surface area contributed by atoms with Crippen molar-refractivity contribution in [2.75, 3.05) is 12.8 Å². The lowest BCUT2D eigenvalue weighted by Crippen LogP contribution is -2.45. The third kappa shape index (κ3) is 2.54. The van der Waals surface area contributed by atoms with Crippen molar-refractivity contribution in [2.45, 2.75) is 39.7 Å². The monoisotopic (exact) mass is 335 g/mol. The average molecular weight is 335 g/mol. The molecule has 1 aromatic carbocycles. The first kappa shape index (κ1) is 16.7. The van der Waals surface area contributed by atoms with E-state index in [2.05, 4.69) is 13.8 Å². The molecule has 126 valence electrons. The van der Waals surface area contributed by atoms with Crippen LogP contribution < -0.4 is 0 Å². The van der Waals surface area contributed by atoms with Crippen LogP contribution in [0.4, 0.5) is 0 Å². The Bertz CT molecular complexity index is 711. The second-order valence-corrected chi connectivity index (χ2v) is 9.74. The Morgan fingerprint density at radius 3 is 2.39 bits per heavy atom. The van der Waals surface area contributed by atoms with Gasteiger partial charge in [0.15, 0.2) is 0 Å². The van der Waals surface area contributed by atoms with E-state index in [1.54, 1.807) is 7.05 Å². The molecule has 0 aliphatic heterocycles. The number of fused-ring (bicyclic) bond motifs is 2. The molecular formula is C18H25NO3S. The van der Waals surface area contributed by atoms with Crippen molar-refractivity contribution < 1.29 is 13.2 Å². The fraction of sp³-hybridized carbons (Fsp3) is 0.611. The predicted molar refractivity (Wildman–Crippen MR) is 90.3 cm³/mol. The minimum absolute atomic E-state index is 0.0499. The van der Waals surface area contributed by atoms with Gasteiger partial charge in [-0.1, -0.05) is 44.2 Å². The fourth-order valence-corrected chi connectivity index (χ4v) is 6.33. The Morgan fingerprint density at radius 1 is 1.22 bits per heavy atom. The standard InChI is InChI=1S/C18H25NO3S/c1-17(2)15-9-10-18(17,16(20)11-15)13-23(21,22)19(3)12-14-7-5-4-6-8-14/h4-8,15H,9-13H2,1-3H3. The van der Waals surface area contributed by atoms with Crippen molar-refractivity contribution in [1.82, 2.24) is 4.31 Å². The summed E-state index contributed by atoms with van der Waals surface area (Å²) in [5, 5.41) is 0. The third-order valence-electron chi connectivity index (χ3n) is 6.29. The van der Waals surface area contributed by atoms with Gasteiger partial charge in [-0.05, 0) is 29.7 Å². The summed E-state index contributed by atoms with van der Waals surface area (Å²) in [4.78, 5) is 12.5. The third-order valence-corrected chi connectivity index (χ3v) is 8.23. The summed E-state index contributed by atoms with van der Waals surface area (Å²) in [6, 6.07) is 9.55. The zero-order chi connectivity index (χ0) is 16.9. The van der Waals surface area contributed by atoms with Crippen LogP contribution in [0.15, 0.2) is 30.3 Å². The second kappa shape index (κ2) is 5.42. The minimum atomic E-state index is -3.48. The minimum Gasteiger partial charge on any atom is -0.299 e. The van der Waals surface area contributed by atoms with E-state index < -0.39 is 15.4 Å². The second-order valence-electron chi connectivity index (χ2n) is 7.66. The molecule has 2 aliphatic carbocycles. The van der Waals surface area contributed by atoms with Gasteiger partial charge in [-0.2, -0.15) is 0 Å². The molecule has 2 bridgehead atoms. The highest BCUT2D eigenvalue weighted by atomic mass is 32.2. The Hall–Kier alpha value is -1.20. The fourth-order valence-electron chi connectivity index (χ4n) is 4.47. The van der Waals surface area contributed by atoms with Gasteiger partial charge in [-0.3, -0.25) is 4.79 Å². The topological polar surface area (TPSA) is 54.5 Å². The first-order valence-corrected chi connectivity index (χ1v) is 9.81. The highest BCUT2D eigenvalue weighted by Crippen LogP contribution is 2.64. The molecule has 1 aromatic rings. The van der Waals surface area contributed by atoms with Gasteiger partial charge in [-0.15, -0.1) is 0 Å². The Morgan fingerprint density at radius 2 is 1.87 bits per heavy atom. The Labute approximate surface area is 138 Å². The van der Waals surface area contributed by atoms with Crippen LogP contribution in [0.2, 0.25) is 0 Å². The number of Topliss-reactive ketones (excluding diaryl/α,β-unsaturated/α-hetero) is 1. The molecule has 23 heavy (non-hydrogen) atoms. The number of hydrogen-bond donors (Lipinski definition) is 0. The van der Waals surface area contributed by atoms with Crippen molar-refractivity contribution in [1.29, 1.82) is 0 Å². The van der Waals surface area contributed by atoms with Crippen molar-refractivity contribution in [2.24, 2.45) is 16.7 Å². The molecule has 2 atom stereocenters. The van der Waals surface area contributed by atoms with E-state index in [9.17, 15) is 13.2 Å². The predicted octanol–water partition coefficient (Wildman–Crippen LogP) is 2.84. The van der Waals surface area contributed by atoms with E-state index in [0.29, 0.717) is 25.3 Å². The molecule has 2 fully saturated rings. The molecule has 2 saturated carbocycles. The molecule has 0 N–H and O–H groups in total. The van der Waals surface area contributed by atoms with E-state index in [-0.39, 0.29) is 17.0 Å². The van der Waals surface area contributed by atoms with Gasteiger partial charge in [0.1, 0.15) is 5.78 Å². The molecule has 2 aliphatic rings. The molecule has 0 aromatic heterocycles. The van der Waals surface area contributed by atoms with Gasteiger partial charge >= 0.3 is 0 Å². The number of rotatable bonds is 5. The number of carbonyl (C=O) groups is 1. The lowest BCUT2D eigenvalue weighted by Gasteiger charge is -2.37.